The molecule has 0 N–H and O–H groups in total. The molecule has 3 aromatic rings. The van der Waals surface area contributed by atoms with Crippen molar-refractivity contribution in [3.8, 4) is 5.69 Å². The van der Waals surface area contributed by atoms with Crippen molar-refractivity contribution < 1.29 is 9.59 Å². The van der Waals surface area contributed by atoms with Gasteiger partial charge in [-0.15, -0.1) is 11.6 Å². The zero-order chi connectivity index (χ0) is 21.5. The number of rotatable bonds is 5. The number of alkyl halides is 1. The Kier molecular flexibility index (Phi) is 5.06. The van der Waals surface area contributed by atoms with E-state index in [1.807, 2.05) is 47.5 Å². The van der Waals surface area contributed by atoms with Crippen LogP contribution in [0.15, 0.2) is 66.9 Å². The molecule has 1 aromatic heterocycles. The summed E-state index contributed by atoms with van der Waals surface area (Å²) in [5, 5.41) is 0. The van der Waals surface area contributed by atoms with Gasteiger partial charge in [0.1, 0.15) is 18.5 Å². The molecule has 1 aliphatic heterocycles. The third kappa shape index (κ3) is 3.53. The van der Waals surface area contributed by atoms with Gasteiger partial charge in [-0.25, -0.2) is 0 Å². The minimum Gasteiger partial charge on any atom is -0.329 e. The summed E-state index contributed by atoms with van der Waals surface area (Å²) in [6.07, 6.45) is 3.89. The van der Waals surface area contributed by atoms with Crippen LogP contribution in [-0.2, 0) is 9.59 Å². The van der Waals surface area contributed by atoms with Gasteiger partial charge in [0, 0.05) is 12.2 Å². The first-order chi connectivity index (χ1) is 15.1. The van der Waals surface area contributed by atoms with Crippen molar-refractivity contribution in [3.63, 3.8) is 0 Å². The van der Waals surface area contributed by atoms with E-state index in [0.717, 1.165) is 41.0 Å². The van der Waals surface area contributed by atoms with Crippen molar-refractivity contribution in [2.45, 2.75) is 31.8 Å². The maximum absolute atomic E-state index is 13.8. The quantitative estimate of drug-likeness (QED) is 0.558. The summed E-state index contributed by atoms with van der Waals surface area (Å²) in [6, 6.07) is 20.1. The van der Waals surface area contributed by atoms with Crippen molar-refractivity contribution >= 4 is 29.1 Å². The highest BCUT2D eigenvalue weighted by Crippen LogP contribution is 2.42. The molecule has 2 aromatic carbocycles. The van der Waals surface area contributed by atoms with Crippen LogP contribution in [0.4, 0.5) is 5.69 Å². The lowest BCUT2D eigenvalue weighted by atomic mass is 9.96. The molecule has 0 saturated heterocycles. The molecule has 0 spiro atoms. The van der Waals surface area contributed by atoms with E-state index in [4.69, 9.17) is 11.6 Å². The molecule has 158 valence electrons. The average molecular weight is 434 g/mol. The molecule has 1 unspecified atom stereocenters. The largest absolute Gasteiger partial charge is 0.329 e. The zero-order valence-corrected chi connectivity index (χ0v) is 18.1. The Balaban J connectivity index is 1.62. The van der Waals surface area contributed by atoms with Gasteiger partial charge in [-0.1, -0.05) is 42.0 Å². The van der Waals surface area contributed by atoms with Gasteiger partial charge in [-0.05, 0) is 49.6 Å². The number of aryl methyl sites for hydroxylation is 1. The summed E-state index contributed by atoms with van der Waals surface area (Å²) < 4.78 is 2.15. The molecule has 0 radical (unpaired) electrons. The molecular weight excluding hydrogens is 410 g/mol. The summed E-state index contributed by atoms with van der Waals surface area (Å²) in [7, 11) is 0. The van der Waals surface area contributed by atoms with Crippen LogP contribution in [0.25, 0.3) is 5.69 Å². The fourth-order valence-corrected chi connectivity index (χ4v) is 4.68. The number of hydrogen-bond acceptors (Lipinski definition) is 2. The van der Waals surface area contributed by atoms with Crippen LogP contribution in [0.5, 0.6) is 0 Å². The van der Waals surface area contributed by atoms with Crippen molar-refractivity contribution in [1.82, 2.24) is 9.47 Å². The first kappa shape index (κ1) is 19.9. The second-order valence-corrected chi connectivity index (χ2v) is 8.53. The van der Waals surface area contributed by atoms with Crippen molar-refractivity contribution in [3.05, 3.63) is 83.7 Å². The molecule has 1 saturated carbocycles. The van der Waals surface area contributed by atoms with Gasteiger partial charge in [0.05, 0.1) is 17.1 Å². The van der Waals surface area contributed by atoms with Crippen LogP contribution in [0.3, 0.4) is 0 Å². The standard InChI is InChI=1S/C25H24ClN3O2/c1-17-6-4-7-18(14-17)25-22-10-5-13-27(22)20-8-2-3-9-21(20)29(25)24(31)16-28(19-11-12-19)23(30)15-26/h2-10,13-14,19,25H,11-12,15-16H2,1H3. The van der Waals surface area contributed by atoms with Crippen molar-refractivity contribution in [2.24, 2.45) is 0 Å². The number of carbonyl (C=O) groups excluding carboxylic acids is 2. The van der Waals surface area contributed by atoms with Crippen LogP contribution in [0.2, 0.25) is 0 Å². The number of benzene rings is 2. The average Bonchev–Trinajstić information content (AvgIpc) is 3.51. The van der Waals surface area contributed by atoms with E-state index >= 15 is 0 Å². The molecule has 5 nitrogen and oxygen atoms in total. The number of nitrogens with zero attached hydrogens (tertiary/aromatic N) is 3. The highest BCUT2D eigenvalue weighted by molar-refractivity contribution is 6.27. The molecule has 5 rings (SSSR count). The van der Waals surface area contributed by atoms with Crippen LogP contribution < -0.4 is 4.90 Å². The van der Waals surface area contributed by atoms with Gasteiger partial charge < -0.3 is 9.47 Å². The maximum Gasteiger partial charge on any atom is 0.247 e. The molecule has 2 amide bonds. The number of amides is 2. The lowest BCUT2D eigenvalue weighted by Crippen LogP contribution is -2.47. The molecule has 31 heavy (non-hydrogen) atoms. The Morgan fingerprint density at radius 1 is 1.03 bits per heavy atom. The highest BCUT2D eigenvalue weighted by Gasteiger charge is 2.39. The number of aromatic nitrogens is 1. The first-order valence-corrected chi connectivity index (χ1v) is 11.1. The van der Waals surface area contributed by atoms with Gasteiger partial charge in [0.15, 0.2) is 0 Å². The van der Waals surface area contributed by atoms with Gasteiger partial charge in [-0.2, -0.15) is 0 Å². The van der Waals surface area contributed by atoms with Crippen molar-refractivity contribution in [2.75, 3.05) is 17.3 Å². The smallest absolute Gasteiger partial charge is 0.247 e. The van der Waals surface area contributed by atoms with Crippen LogP contribution in [0, 0.1) is 6.92 Å². The molecular formula is C25H24ClN3O2. The van der Waals surface area contributed by atoms with E-state index < -0.39 is 0 Å². The highest BCUT2D eigenvalue weighted by atomic mass is 35.5. The number of carbonyl (C=O) groups is 2. The van der Waals surface area contributed by atoms with Gasteiger partial charge in [0.25, 0.3) is 0 Å². The van der Waals surface area contributed by atoms with E-state index in [2.05, 4.69) is 35.8 Å². The topological polar surface area (TPSA) is 45.6 Å². The van der Waals surface area contributed by atoms with Crippen LogP contribution in [0.1, 0.15) is 35.7 Å². The normalized spacial score (nSPS) is 17.1. The first-order valence-electron chi connectivity index (χ1n) is 10.6. The Hall–Kier alpha value is -3.05. The second-order valence-electron chi connectivity index (χ2n) is 8.26. The molecule has 2 aliphatic rings. The number of hydrogen-bond donors (Lipinski definition) is 0. The fraction of sp³-hybridized carbons (Fsp3) is 0.280. The Labute approximate surface area is 186 Å². The van der Waals surface area contributed by atoms with E-state index in [1.165, 1.54) is 0 Å². The van der Waals surface area contributed by atoms with E-state index in [1.54, 1.807) is 4.90 Å². The molecule has 1 fully saturated rings. The van der Waals surface area contributed by atoms with Gasteiger partial charge in [0.2, 0.25) is 11.8 Å². The van der Waals surface area contributed by atoms with E-state index in [-0.39, 0.29) is 36.3 Å². The Bertz CT molecular complexity index is 1150. The van der Waals surface area contributed by atoms with E-state index in [0.29, 0.717) is 0 Å². The van der Waals surface area contributed by atoms with Crippen LogP contribution in [-0.4, -0.2) is 39.7 Å². The fourth-order valence-electron chi connectivity index (χ4n) is 4.52. The van der Waals surface area contributed by atoms with Gasteiger partial charge >= 0.3 is 0 Å². The summed E-state index contributed by atoms with van der Waals surface area (Å²) in [6.45, 7) is 2.09. The minimum atomic E-state index is -0.274. The molecule has 0 bridgehead atoms. The summed E-state index contributed by atoms with van der Waals surface area (Å²) in [5.74, 6) is -0.389. The number of anilines is 1. The molecule has 2 heterocycles. The number of halogens is 1. The third-order valence-corrected chi connectivity index (χ3v) is 6.30. The Morgan fingerprint density at radius 3 is 2.52 bits per heavy atom. The number of fused-ring (bicyclic) bond motifs is 3. The minimum absolute atomic E-state index is 0.0353. The third-order valence-electron chi connectivity index (χ3n) is 6.07. The van der Waals surface area contributed by atoms with Crippen molar-refractivity contribution in [1.29, 1.82) is 0 Å². The maximum atomic E-state index is 13.8. The summed E-state index contributed by atoms with van der Waals surface area (Å²) in [4.78, 5) is 29.7. The van der Waals surface area contributed by atoms with E-state index in [9.17, 15) is 9.59 Å². The monoisotopic (exact) mass is 433 g/mol. The predicted molar refractivity (Wildman–Crippen MR) is 122 cm³/mol. The predicted octanol–water partition coefficient (Wildman–Crippen LogP) is 4.45. The summed E-state index contributed by atoms with van der Waals surface area (Å²) in [5.41, 5.74) is 5.01. The zero-order valence-electron chi connectivity index (χ0n) is 17.4. The molecule has 6 heteroatoms. The summed E-state index contributed by atoms with van der Waals surface area (Å²) >= 11 is 5.84. The molecule has 1 atom stereocenters. The lowest BCUT2D eigenvalue weighted by molar-refractivity contribution is -0.133. The van der Waals surface area contributed by atoms with Gasteiger partial charge in [-0.3, -0.25) is 14.5 Å². The number of para-hydroxylation sites is 2. The van der Waals surface area contributed by atoms with Crippen LogP contribution >= 0.6 is 11.6 Å². The Morgan fingerprint density at radius 2 is 1.81 bits per heavy atom. The lowest BCUT2D eigenvalue weighted by Gasteiger charge is -2.39. The molecule has 1 aliphatic carbocycles. The SMILES string of the molecule is Cc1cccc(C2c3cccn3-c3ccccc3N2C(=O)CN(C(=O)CCl)C2CC2)c1. The second kappa shape index (κ2) is 7.89.